The fourth-order valence-electron chi connectivity index (χ4n) is 1.89. The van der Waals surface area contributed by atoms with Gasteiger partial charge in [-0.25, -0.2) is 12.7 Å². The average Bonchev–Trinajstić information content (AvgIpc) is 3.00. The van der Waals surface area contributed by atoms with Gasteiger partial charge >= 0.3 is 0 Å². The van der Waals surface area contributed by atoms with Crippen molar-refractivity contribution < 1.29 is 8.42 Å². The van der Waals surface area contributed by atoms with Gasteiger partial charge in [0.2, 0.25) is 10.0 Å². The molecule has 0 aliphatic rings. The van der Waals surface area contributed by atoms with Crippen molar-refractivity contribution in [3.63, 3.8) is 0 Å². The van der Waals surface area contributed by atoms with E-state index in [2.05, 4.69) is 10.7 Å². The molecule has 0 radical (unpaired) electrons. The zero-order chi connectivity index (χ0) is 17.0. The van der Waals surface area contributed by atoms with Crippen LogP contribution in [0.2, 0.25) is 0 Å². The van der Waals surface area contributed by atoms with Crippen molar-refractivity contribution in [3.05, 3.63) is 46.7 Å². The van der Waals surface area contributed by atoms with E-state index >= 15 is 0 Å². The van der Waals surface area contributed by atoms with Crippen LogP contribution in [0.5, 0.6) is 0 Å². The van der Waals surface area contributed by atoms with Crippen molar-refractivity contribution in [2.24, 2.45) is 0 Å². The van der Waals surface area contributed by atoms with E-state index < -0.39 is 10.0 Å². The highest BCUT2D eigenvalue weighted by Crippen LogP contribution is 2.18. The van der Waals surface area contributed by atoms with Crippen LogP contribution in [-0.2, 0) is 16.6 Å². The summed E-state index contributed by atoms with van der Waals surface area (Å²) in [4.78, 5) is 2.14. The Hall–Kier alpha value is -1.48. The molecule has 1 aromatic carbocycles. The first-order chi connectivity index (χ1) is 10.8. The summed E-state index contributed by atoms with van der Waals surface area (Å²) in [5.41, 5.74) is 1.83. The fourth-order valence-corrected chi connectivity index (χ4v) is 3.68. The van der Waals surface area contributed by atoms with Crippen molar-refractivity contribution in [2.45, 2.75) is 11.4 Å². The molecule has 0 bridgehead atoms. The van der Waals surface area contributed by atoms with Crippen molar-refractivity contribution in [1.82, 2.24) is 9.21 Å². The molecular formula is C15H19N3O2S3. The molecule has 5 nitrogen and oxygen atoms in total. The molecule has 0 saturated carbocycles. The number of sulfonamides is 1. The molecule has 0 amide bonds. The molecule has 0 spiro atoms. The van der Waals surface area contributed by atoms with E-state index in [1.54, 1.807) is 35.6 Å². The zero-order valence-corrected chi connectivity index (χ0v) is 15.6. The Morgan fingerprint density at radius 1 is 1.26 bits per heavy atom. The number of benzene rings is 1. The number of anilines is 1. The monoisotopic (exact) mass is 369 g/mol. The third-order valence-electron chi connectivity index (χ3n) is 3.21. The summed E-state index contributed by atoms with van der Waals surface area (Å²) in [7, 11) is 1.45. The maximum absolute atomic E-state index is 12.2. The van der Waals surface area contributed by atoms with E-state index in [4.69, 9.17) is 12.2 Å². The van der Waals surface area contributed by atoms with Gasteiger partial charge in [0.15, 0.2) is 5.11 Å². The highest BCUT2D eigenvalue weighted by atomic mass is 32.2. The molecule has 0 saturated heterocycles. The summed E-state index contributed by atoms with van der Waals surface area (Å²) in [6, 6.07) is 8.69. The second kappa shape index (κ2) is 7.39. The van der Waals surface area contributed by atoms with Gasteiger partial charge in [-0.3, -0.25) is 0 Å². The minimum atomic E-state index is -3.46. The van der Waals surface area contributed by atoms with Crippen molar-refractivity contribution >= 4 is 44.4 Å². The molecule has 8 heteroatoms. The Morgan fingerprint density at radius 3 is 2.61 bits per heavy atom. The van der Waals surface area contributed by atoms with Crippen LogP contribution in [0.4, 0.5) is 5.69 Å². The summed E-state index contributed by atoms with van der Waals surface area (Å²) in [5.74, 6) is 0. The van der Waals surface area contributed by atoms with Gasteiger partial charge in [-0.05, 0) is 52.8 Å². The van der Waals surface area contributed by atoms with Crippen LogP contribution in [0.25, 0.3) is 0 Å². The van der Waals surface area contributed by atoms with Crippen molar-refractivity contribution in [2.75, 3.05) is 26.5 Å². The van der Waals surface area contributed by atoms with Gasteiger partial charge in [0, 0.05) is 33.4 Å². The standard InChI is InChI=1S/C15H19N3O2S3/c1-17(2)23(19,20)14-6-4-5-13(9-14)16-15(21)18(3)10-12-7-8-22-11-12/h4-9,11H,10H2,1-3H3,(H,16,21). The number of hydrogen-bond acceptors (Lipinski definition) is 4. The zero-order valence-electron chi connectivity index (χ0n) is 13.2. The first-order valence-corrected chi connectivity index (χ1v) is 9.65. The highest BCUT2D eigenvalue weighted by Gasteiger charge is 2.17. The van der Waals surface area contributed by atoms with Crippen LogP contribution in [0.15, 0.2) is 46.0 Å². The molecule has 0 unspecified atom stereocenters. The number of hydrogen-bond donors (Lipinski definition) is 1. The van der Waals surface area contributed by atoms with Gasteiger partial charge < -0.3 is 10.2 Å². The van der Waals surface area contributed by atoms with Gasteiger partial charge in [-0.1, -0.05) is 6.07 Å². The van der Waals surface area contributed by atoms with Crippen LogP contribution in [0, 0.1) is 0 Å². The quantitative estimate of drug-likeness (QED) is 0.822. The number of thiophene rings is 1. The molecule has 2 aromatic rings. The average molecular weight is 370 g/mol. The molecule has 0 aliphatic heterocycles. The molecule has 23 heavy (non-hydrogen) atoms. The van der Waals surface area contributed by atoms with Crippen LogP contribution in [-0.4, -0.2) is 43.9 Å². The minimum absolute atomic E-state index is 0.232. The third kappa shape index (κ3) is 4.51. The fraction of sp³-hybridized carbons (Fsp3) is 0.267. The maximum Gasteiger partial charge on any atom is 0.242 e. The highest BCUT2D eigenvalue weighted by molar-refractivity contribution is 7.89. The molecular weight excluding hydrogens is 350 g/mol. The van der Waals surface area contributed by atoms with Gasteiger partial charge in [-0.15, -0.1) is 0 Å². The molecule has 124 valence electrons. The van der Waals surface area contributed by atoms with Gasteiger partial charge in [-0.2, -0.15) is 11.3 Å². The summed E-state index contributed by atoms with van der Waals surface area (Å²) >= 11 is 7.02. The molecule has 0 atom stereocenters. The van der Waals surface area contributed by atoms with Crippen LogP contribution in [0.1, 0.15) is 5.56 Å². The molecule has 1 heterocycles. The Morgan fingerprint density at radius 2 is 2.00 bits per heavy atom. The van der Waals surface area contributed by atoms with E-state index in [1.165, 1.54) is 24.0 Å². The van der Waals surface area contributed by atoms with E-state index in [-0.39, 0.29) is 4.90 Å². The van der Waals surface area contributed by atoms with Crippen LogP contribution >= 0.6 is 23.6 Å². The van der Waals surface area contributed by atoms with E-state index in [9.17, 15) is 8.42 Å². The van der Waals surface area contributed by atoms with Gasteiger partial charge in [0.25, 0.3) is 0 Å². The summed E-state index contributed by atoms with van der Waals surface area (Å²) in [6.45, 7) is 0.699. The number of thiocarbonyl (C=S) groups is 1. The van der Waals surface area contributed by atoms with Gasteiger partial charge in [0.05, 0.1) is 4.90 Å². The lowest BCUT2D eigenvalue weighted by atomic mass is 10.3. The first-order valence-electron chi connectivity index (χ1n) is 6.86. The third-order valence-corrected chi connectivity index (χ3v) is 6.17. The van der Waals surface area contributed by atoms with Crippen molar-refractivity contribution in [3.8, 4) is 0 Å². The molecule has 1 aromatic heterocycles. The SMILES string of the molecule is CN(Cc1ccsc1)C(=S)Nc1cccc(S(=O)(=O)N(C)C)c1. The smallest absolute Gasteiger partial charge is 0.242 e. The summed E-state index contributed by atoms with van der Waals surface area (Å²) in [5, 5.41) is 7.72. The Kier molecular flexibility index (Phi) is 5.74. The second-order valence-corrected chi connectivity index (χ2v) is 8.55. The normalized spacial score (nSPS) is 11.5. The molecule has 0 aliphatic carbocycles. The van der Waals surface area contributed by atoms with E-state index in [0.717, 1.165) is 0 Å². The number of rotatable bonds is 5. The van der Waals surface area contributed by atoms with Crippen LogP contribution < -0.4 is 5.32 Å². The van der Waals surface area contributed by atoms with Crippen molar-refractivity contribution in [1.29, 1.82) is 0 Å². The largest absolute Gasteiger partial charge is 0.348 e. The maximum atomic E-state index is 12.2. The summed E-state index contributed by atoms with van der Waals surface area (Å²) in [6.07, 6.45) is 0. The first kappa shape index (κ1) is 17.9. The van der Waals surface area contributed by atoms with E-state index in [1.807, 2.05) is 23.4 Å². The Labute approximate surface area is 146 Å². The predicted octanol–water partition coefficient (Wildman–Crippen LogP) is 2.83. The number of nitrogens with zero attached hydrogens (tertiary/aromatic N) is 2. The lowest BCUT2D eigenvalue weighted by molar-refractivity contribution is 0.509. The topological polar surface area (TPSA) is 52.7 Å². The molecule has 0 fully saturated rings. The van der Waals surface area contributed by atoms with Crippen LogP contribution in [0.3, 0.4) is 0 Å². The van der Waals surface area contributed by atoms with Gasteiger partial charge in [0.1, 0.15) is 0 Å². The minimum Gasteiger partial charge on any atom is -0.348 e. The molecule has 1 N–H and O–H groups in total. The summed E-state index contributed by atoms with van der Waals surface area (Å²) < 4.78 is 25.5. The van der Waals surface area contributed by atoms with E-state index in [0.29, 0.717) is 17.3 Å². The Balaban J connectivity index is 2.09. The lowest BCUT2D eigenvalue weighted by Crippen LogP contribution is -2.30. The predicted molar refractivity (Wildman–Crippen MR) is 99.3 cm³/mol. The second-order valence-electron chi connectivity index (χ2n) is 5.23. The Bertz CT molecular complexity index is 771. The lowest BCUT2D eigenvalue weighted by Gasteiger charge is -2.21. The number of nitrogens with one attached hydrogen (secondary N) is 1. The molecule has 2 rings (SSSR count).